The quantitative estimate of drug-likeness (QED) is 0.0955. The summed E-state index contributed by atoms with van der Waals surface area (Å²) in [5.41, 5.74) is 0. The largest absolute Gasteiger partial charge is 0.481 e. The van der Waals surface area contributed by atoms with E-state index in [-0.39, 0.29) is 38.4 Å². The van der Waals surface area contributed by atoms with Crippen molar-refractivity contribution in [3.05, 3.63) is 0 Å². The lowest BCUT2D eigenvalue weighted by Gasteiger charge is -2.18. The first-order valence-corrected chi connectivity index (χ1v) is 13.6. The third kappa shape index (κ3) is 23.4. The van der Waals surface area contributed by atoms with Crippen LogP contribution in [0.25, 0.3) is 0 Å². The zero-order valence-electron chi connectivity index (χ0n) is 22.0. The minimum atomic E-state index is -1.10. The van der Waals surface area contributed by atoms with E-state index in [1.165, 1.54) is 44.9 Å². The summed E-state index contributed by atoms with van der Waals surface area (Å²) >= 11 is 0. The van der Waals surface area contributed by atoms with E-state index in [1.54, 1.807) is 0 Å². The number of unbranched alkanes of at least 4 members (excludes halogenated alkanes) is 12. The second kappa shape index (κ2) is 23.6. The van der Waals surface area contributed by atoms with Gasteiger partial charge in [0.25, 0.3) is 0 Å². The molecule has 0 fully saturated rings. The minimum absolute atomic E-state index is 0.190. The van der Waals surface area contributed by atoms with Crippen molar-refractivity contribution in [2.75, 3.05) is 13.2 Å². The summed E-state index contributed by atoms with van der Waals surface area (Å²) in [5, 5.41) is 8.68. The maximum absolute atomic E-state index is 12.2. The molecule has 0 aromatic heterocycles. The second-order valence-electron chi connectivity index (χ2n) is 9.11. The van der Waals surface area contributed by atoms with E-state index in [4.69, 9.17) is 19.3 Å². The lowest BCUT2D eigenvalue weighted by molar-refractivity contribution is -0.167. The molecule has 1 unspecified atom stereocenters. The number of carboxylic acids is 1. The highest BCUT2D eigenvalue weighted by Crippen LogP contribution is 2.11. The van der Waals surface area contributed by atoms with Crippen LogP contribution in [0.1, 0.15) is 129 Å². The molecular formula is C27H48O8. The first-order chi connectivity index (χ1) is 16.9. The molecule has 0 aliphatic carbocycles. The molecule has 0 aromatic carbocycles. The molecule has 35 heavy (non-hydrogen) atoms. The summed E-state index contributed by atoms with van der Waals surface area (Å²) in [5.74, 6) is -2.59. The van der Waals surface area contributed by atoms with Gasteiger partial charge in [-0.25, -0.2) is 0 Å². The predicted molar refractivity (Wildman–Crippen MR) is 134 cm³/mol. The molecule has 0 saturated heterocycles. The molecule has 0 radical (unpaired) electrons. The van der Waals surface area contributed by atoms with Gasteiger partial charge in [0.15, 0.2) is 6.10 Å². The number of hydrogen-bond acceptors (Lipinski definition) is 7. The Morgan fingerprint density at radius 2 is 0.943 bits per heavy atom. The van der Waals surface area contributed by atoms with Crippen LogP contribution in [-0.4, -0.2) is 48.3 Å². The van der Waals surface area contributed by atoms with Crippen molar-refractivity contribution in [3.8, 4) is 0 Å². The zero-order chi connectivity index (χ0) is 26.2. The van der Waals surface area contributed by atoms with Crippen molar-refractivity contribution in [2.45, 2.75) is 136 Å². The number of rotatable bonds is 24. The zero-order valence-corrected chi connectivity index (χ0v) is 22.0. The molecule has 0 amide bonds. The van der Waals surface area contributed by atoms with Crippen LogP contribution in [0.5, 0.6) is 0 Å². The highest BCUT2D eigenvalue weighted by Gasteiger charge is 2.19. The van der Waals surface area contributed by atoms with Crippen LogP contribution in [0.15, 0.2) is 0 Å². The Labute approximate surface area is 211 Å². The van der Waals surface area contributed by atoms with Crippen LogP contribution in [0.3, 0.4) is 0 Å². The van der Waals surface area contributed by atoms with Crippen molar-refractivity contribution in [1.82, 2.24) is 0 Å². The fourth-order valence-corrected chi connectivity index (χ4v) is 3.54. The number of esters is 3. The number of ether oxygens (including phenoxy) is 3. The Hall–Kier alpha value is -2.12. The molecule has 0 saturated carbocycles. The monoisotopic (exact) mass is 500 g/mol. The molecule has 8 heteroatoms. The van der Waals surface area contributed by atoms with Gasteiger partial charge in [0, 0.05) is 12.8 Å². The molecule has 1 N–H and O–H groups in total. The van der Waals surface area contributed by atoms with Gasteiger partial charge in [-0.3, -0.25) is 19.2 Å². The first kappa shape index (κ1) is 32.9. The van der Waals surface area contributed by atoms with Gasteiger partial charge in [0.2, 0.25) is 0 Å². The highest BCUT2D eigenvalue weighted by atomic mass is 16.6. The third-order valence-corrected chi connectivity index (χ3v) is 5.67. The van der Waals surface area contributed by atoms with Crippen molar-refractivity contribution < 1.29 is 38.5 Å². The van der Waals surface area contributed by atoms with E-state index in [0.29, 0.717) is 12.8 Å². The van der Waals surface area contributed by atoms with Gasteiger partial charge in [-0.15, -0.1) is 0 Å². The van der Waals surface area contributed by atoms with Crippen LogP contribution in [-0.2, 0) is 33.4 Å². The smallest absolute Gasteiger partial charge is 0.306 e. The molecule has 1 atom stereocenters. The molecule has 0 aliphatic heterocycles. The van der Waals surface area contributed by atoms with E-state index >= 15 is 0 Å². The molecule has 0 rings (SSSR count). The minimum Gasteiger partial charge on any atom is -0.481 e. The fourth-order valence-electron chi connectivity index (χ4n) is 3.54. The van der Waals surface area contributed by atoms with Crippen LogP contribution < -0.4 is 0 Å². The SMILES string of the molecule is CCCCCCCCCC(=O)OCC(COC(=O)CCC(=O)O)OC(=O)CCCCCCCCC. The summed E-state index contributed by atoms with van der Waals surface area (Å²) in [7, 11) is 0. The van der Waals surface area contributed by atoms with Crippen LogP contribution in [0.2, 0.25) is 0 Å². The summed E-state index contributed by atoms with van der Waals surface area (Å²) in [4.78, 5) is 46.6. The fraction of sp³-hybridized carbons (Fsp3) is 0.852. The summed E-state index contributed by atoms with van der Waals surface area (Å²) < 4.78 is 15.7. The molecule has 204 valence electrons. The maximum Gasteiger partial charge on any atom is 0.306 e. The third-order valence-electron chi connectivity index (χ3n) is 5.67. The van der Waals surface area contributed by atoms with E-state index < -0.39 is 24.0 Å². The molecular weight excluding hydrogens is 452 g/mol. The standard InChI is InChI=1S/C27H48O8/c1-3-5-7-9-11-13-15-17-25(30)33-21-23(22-34-26(31)20-19-24(28)29)35-27(32)18-16-14-12-10-8-6-4-2/h23H,3-22H2,1-2H3,(H,28,29). The van der Waals surface area contributed by atoms with E-state index in [0.717, 1.165) is 38.5 Å². The molecule has 0 heterocycles. The Balaban J connectivity index is 4.35. The Bertz CT molecular complexity index is 576. The molecule has 8 nitrogen and oxygen atoms in total. The Morgan fingerprint density at radius 3 is 1.40 bits per heavy atom. The molecule has 0 aliphatic rings. The van der Waals surface area contributed by atoms with Gasteiger partial charge < -0.3 is 19.3 Å². The van der Waals surface area contributed by atoms with Crippen LogP contribution in [0, 0.1) is 0 Å². The van der Waals surface area contributed by atoms with Gasteiger partial charge >= 0.3 is 23.9 Å². The molecule has 0 aromatic rings. The van der Waals surface area contributed by atoms with Gasteiger partial charge in [0.05, 0.1) is 12.8 Å². The van der Waals surface area contributed by atoms with Gasteiger partial charge in [-0.1, -0.05) is 90.9 Å². The van der Waals surface area contributed by atoms with Gasteiger partial charge in [0.1, 0.15) is 13.2 Å². The predicted octanol–water partition coefficient (Wildman–Crippen LogP) is 6.13. The summed E-state index contributed by atoms with van der Waals surface area (Å²) in [6, 6.07) is 0. The average molecular weight is 501 g/mol. The average Bonchev–Trinajstić information content (AvgIpc) is 2.83. The van der Waals surface area contributed by atoms with Crippen LogP contribution in [0.4, 0.5) is 0 Å². The number of hydrogen-bond donors (Lipinski definition) is 1. The second-order valence-corrected chi connectivity index (χ2v) is 9.11. The van der Waals surface area contributed by atoms with E-state index in [2.05, 4.69) is 13.8 Å². The van der Waals surface area contributed by atoms with Gasteiger partial charge in [-0.2, -0.15) is 0 Å². The summed E-state index contributed by atoms with van der Waals surface area (Å²) in [6.45, 7) is 3.88. The lowest BCUT2D eigenvalue weighted by atomic mass is 10.1. The number of carbonyl (C=O) groups is 4. The number of carbonyl (C=O) groups excluding carboxylic acids is 3. The van der Waals surface area contributed by atoms with Crippen molar-refractivity contribution >= 4 is 23.9 Å². The van der Waals surface area contributed by atoms with Gasteiger partial charge in [-0.05, 0) is 12.8 Å². The Morgan fingerprint density at radius 1 is 0.543 bits per heavy atom. The number of aliphatic carboxylic acids is 1. The highest BCUT2D eigenvalue weighted by molar-refractivity contribution is 5.76. The maximum atomic E-state index is 12.2. The number of carboxylic acid groups (broad SMARTS) is 1. The first-order valence-electron chi connectivity index (χ1n) is 13.6. The normalized spacial score (nSPS) is 11.6. The van der Waals surface area contributed by atoms with E-state index in [1.807, 2.05) is 0 Å². The van der Waals surface area contributed by atoms with Crippen molar-refractivity contribution in [3.63, 3.8) is 0 Å². The van der Waals surface area contributed by atoms with Crippen molar-refractivity contribution in [2.24, 2.45) is 0 Å². The molecule has 0 spiro atoms. The molecule has 0 bridgehead atoms. The van der Waals surface area contributed by atoms with E-state index in [9.17, 15) is 19.2 Å². The van der Waals surface area contributed by atoms with Crippen molar-refractivity contribution in [1.29, 1.82) is 0 Å². The topological polar surface area (TPSA) is 116 Å². The van der Waals surface area contributed by atoms with Crippen LogP contribution >= 0.6 is 0 Å². The summed E-state index contributed by atoms with van der Waals surface area (Å²) in [6.07, 6.45) is 14.2. The Kier molecular flexibility index (Phi) is 22.2. The lowest BCUT2D eigenvalue weighted by Crippen LogP contribution is -2.31.